The first-order chi connectivity index (χ1) is 9.29. The Morgan fingerprint density at radius 2 is 2.00 bits per heavy atom. The Kier molecular flexibility index (Phi) is 3.22. The number of ether oxygens (including phenoxy) is 1. The number of carbonyl (C=O) groups is 1. The summed E-state index contributed by atoms with van der Waals surface area (Å²) < 4.78 is 4.89. The fraction of sp³-hybridized carbons (Fsp3) is 0.312. The van der Waals surface area contributed by atoms with Crippen molar-refractivity contribution in [1.29, 1.82) is 0 Å². The average Bonchev–Trinajstić information content (AvgIpc) is 2.95. The number of carbonyl (C=O) groups excluding carboxylic acids is 1. The highest BCUT2D eigenvalue weighted by Crippen LogP contribution is 2.32. The Balaban J connectivity index is 1.96. The van der Waals surface area contributed by atoms with Crippen LogP contribution in [0, 0.1) is 5.92 Å². The second-order valence-electron chi connectivity index (χ2n) is 4.96. The predicted molar refractivity (Wildman–Crippen MR) is 74.8 cm³/mol. The summed E-state index contributed by atoms with van der Waals surface area (Å²) in [5, 5.41) is 5.83. The monoisotopic (exact) mass is 255 g/mol. The van der Waals surface area contributed by atoms with Crippen molar-refractivity contribution in [3.05, 3.63) is 48.0 Å². The van der Waals surface area contributed by atoms with E-state index in [1.807, 2.05) is 12.1 Å². The summed E-state index contributed by atoms with van der Waals surface area (Å²) >= 11 is 0. The van der Waals surface area contributed by atoms with E-state index in [1.165, 1.54) is 17.9 Å². The molecule has 2 atom stereocenters. The van der Waals surface area contributed by atoms with E-state index < -0.39 is 0 Å². The lowest BCUT2D eigenvalue weighted by Crippen LogP contribution is -2.24. The predicted octanol–water partition coefficient (Wildman–Crippen LogP) is 2.66. The third-order valence-corrected chi connectivity index (χ3v) is 3.86. The van der Waals surface area contributed by atoms with Gasteiger partial charge in [0.25, 0.3) is 0 Å². The van der Waals surface area contributed by atoms with E-state index >= 15 is 0 Å². The number of hydrogen-bond acceptors (Lipinski definition) is 3. The second-order valence-corrected chi connectivity index (χ2v) is 4.96. The van der Waals surface area contributed by atoms with Gasteiger partial charge in [0, 0.05) is 6.04 Å². The summed E-state index contributed by atoms with van der Waals surface area (Å²) in [5.41, 5.74) is 1.16. The lowest BCUT2D eigenvalue weighted by Gasteiger charge is -2.18. The van der Waals surface area contributed by atoms with Gasteiger partial charge >= 0.3 is 5.97 Å². The number of hydrogen-bond donors (Lipinski definition) is 1. The van der Waals surface area contributed by atoms with Crippen LogP contribution in [0.5, 0.6) is 0 Å². The maximum atomic E-state index is 11.8. The summed E-state index contributed by atoms with van der Waals surface area (Å²) in [6.45, 7) is 0.858. The van der Waals surface area contributed by atoms with Gasteiger partial charge in [0.05, 0.1) is 13.0 Å². The highest BCUT2D eigenvalue weighted by molar-refractivity contribution is 5.83. The minimum Gasteiger partial charge on any atom is -0.469 e. The van der Waals surface area contributed by atoms with Crippen molar-refractivity contribution in [2.75, 3.05) is 13.7 Å². The topological polar surface area (TPSA) is 38.3 Å². The van der Waals surface area contributed by atoms with Crippen LogP contribution < -0.4 is 5.32 Å². The van der Waals surface area contributed by atoms with Crippen LogP contribution >= 0.6 is 0 Å². The minimum atomic E-state index is -0.122. The van der Waals surface area contributed by atoms with Crippen LogP contribution in [0.1, 0.15) is 18.0 Å². The van der Waals surface area contributed by atoms with Crippen molar-refractivity contribution >= 4 is 16.7 Å². The minimum absolute atomic E-state index is 0.0667. The zero-order valence-corrected chi connectivity index (χ0v) is 10.9. The normalized spacial score (nSPS) is 22.6. The van der Waals surface area contributed by atoms with Crippen molar-refractivity contribution in [3.8, 4) is 0 Å². The maximum absolute atomic E-state index is 11.8. The van der Waals surface area contributed by atoms with Crippen LogP contribution in [0.15, 0.2) is 42.5 Å². The molecule has 0 amide bonds. The molecule has 3 rings (SSSR count). The van der Waals surface area contributed by atoms with E-state index in [0.29, 0.717) is 0 Å². The summed E-state index contributed by atoms with van der Waals surface area (Å²) in [4.78, 5) is 11.8. The third kappa shape index (κ3) is 2.22. The molecule has 0 bridgehead atoms. The molecule has 2 aromatic rings. The Morgan fingerprint density at radius 1 is 1.21 bits per heavy atom. The van der Waals surface area contributed by atoms with E-state index in [4.69, 9.17) is 4.74 Å². The molecule has 3 heteroatoms. The molecule has 1 heterocycles. The van der Waals surface area contributed by atoms with Gasteiger partial charge in [0.2, 0.25) is 0 Å². The number of fused-ring (bicyclic) bond motifs is 1. The standard InChI is InChI=1S/C16H17NO2/c1-19-16(18)14-8-9-17-15(14)13-7-6-11-4-2-3-5-12(11)10-13/h2-7,10,14-15,17H,8-9H2,1H3/t14-,15+/m0/s1. The summed E-state index contributed by atoms with van der Waals surface area (Å²) in [6.07, 6.45) is 0.837. The summed E-state index contributed by atoms with van der Waals surface area (Å²) in [7, 11) is 1.46. The highest BCUT2D eigenvalue weighted by Gasteiger charge is 2.34. The maximum Gasteiger partial charge on any atom is 0.310 e. The van der Waals surface area contributed by atoms with Crippen molar-refractivity contribution < 1.29 is 9.53 Å². The molecule has 1 fully saturated rings. The Morgan fingerprint density at radius 3 is 2.79 bits per heavy atom. The summed E-state index contributed by atoms with van der Waals surface area (Å²) in [6, 6.07) is 14.7. The molecule has 0 saturated carbocycles. The van der Waals surface area contributed by atoms with Crippen molar-refractivity contribution in [2.45, 2.75) is 12.5 Å². The van der Waals surface area contributed by atoms with Gasteiger partial charge in [0.1, 0.15) is 0 Å². The van der Waals surface area contributed by atoms with E-state index in [-0.39, 0.29) is 17.9 Å². The van der Waals surface area contributed by atoms with Gasteiger partial charge in [-0.15, -0.1) is 0 Å². The molecule has 98 valence electrons. The first-order valence-electron chi connectivity index (χ1n) is 6.59. The van der Waals surface area contributed by atoms with Gasteiger partial charge in [-0.1, -0.05) is 36.4 Å². The lowest BCUT2D eigenvalue weighted by atomic mass is 9.93. The molecule has 1 saturated heterocycles. The number of benzene rings is 2. The third-order valence-electron chi connectivity index (χ3n) is 3.86. The van der Waals surface area contributed by atoms with Crippen LogP contribution in [0.3, 0.4) is 0 Å². The van der Waals surface area contributed by atoms with E-state index in [1.54, 1.807) is 0 Å². The van der Waals surface area contributed by atoms with Crippen molar-refractivity contribution in [2.24, 2.45) is 5.92 Å². The van der Waals surface area contributed by atoms with E-state index in [9.17, 15) is 4.79 Å². The number of rotatable bonds is 2. The van der Waals surface area contributed by atoms with Crippen molar-refractivity contribution in [3.63, 3.8) is 0 Å². The Bertz CT molecular complexity index is 608. The van der Waals surface area contributed by atoms with Crippen LogP contribution in [-0.2, 0) is 9.53 Å². The van der Waals surface area contributed by atoms with E-state index in [0.717, 1.165) is 18.5 Å². The average molecular weight is 255 g/mol. The molecule has 0 aliphatic carbocycles. The number of esters is 1. The van der Waals surface area contributed by atoms with Gasteiger partial charge in [-0.05, 0) is 35.4 Å². The van der Waals surface area contributed by atoms with Crippen LogP contribution in [0.4, 0.5) is 0 Å². The first kappa shape index (κ1) is 12.2. The Hall–Kier alpha value is -1.87. The van der Waals surface area contributed by atoms with Gasteiger partial charge in [-0.2, -0.15) is 0 Å². The Labute approximate surface area is 112 Å². The lowest BCUT2D eigenvalue weighted by molar-refractivity contribution is -0.145. The molecular formula is C16H17NO2. The molecule has 1 aliphatic rings. The van der Waals surface area contributed by atoms with Gasteiger partial charge in [-0.25, -0.2) is 0 Å². The SMILES string of the molecule is COC(=O)[C@H]1CCN[C@@H]1c1ccc2ccccc2c1. The molecule has 0 spiro atoms. The van der Waals surface area contributed by atoms with Crippen LogP contribution in [-0.4, -0.2) is 19.6 Å². The number of nitrogens with one attached hydrogen (secondary N) is 1. The second kappa shape index (κ2) is 5.02. The van der Waals surface area contributed by atoms with E-state index in [2.05, 4.69) is 35.6 Å². The smallest absolute Gasteiger partial charge is 0.310 e. The summed E-state index contributed by atoms with van der Waals surface area (Å²) in [5.74, 6) is -0.200. The van der Waals surface area contributed by atoms with Gasteiger partial charge in [0.15, 0.2) is 0 Å². The zero-order chi connectivity index (χ0) is 13.2. The largest absolute Gasteiger partial charge is 0.469 e. The van der Waals surface area contributed by atoms with Crippen molar-refractivity contribution in [1.82, 2.24) is 5.32 Å². The van der Waals surface area contributed by atoms with Crippen LogP contribution in [0.25, 0.3) is 10.8 Å². The molecule has 1 N–H and O–H groups in total. The van der Waals surface area contributed by atoms with Gasteiger partial charge in [-0.3, -0.25) is 4.79 Å². The first-order valence-corrected chi connectivity index (χ1v) is 6.59. The zero-order valence-electron chi connectivity index (χ0n) is 10.9. The molecule has 0 unspecified atom stereocenters. The molecular weight excluding hydrogens is 238 g/mol. The molecule has 1 aliphatic heterocycles. The highest BCUT2D eigenvalue weighted by atomic mass is 16.5. The molecule has 0 radical (unpaired) electrons. The van der Waals surface area contributed by atoms with Gasteiger partial charge < -0.3 is 10.1 Å². The van der Waals surface area contributed by atoms with Crippen LogP contribution in [0.2, 0.25) is 0 Å². The fourth-order valence-electron chi connectivity index (χ4n) is 2.86. The molecule has 19 heavy (non-hydrogen) atoms. The molecule has 2 aromatic carbocycles. The number of methoxy groups -OCH3 is 1. The molecule has 0 aromatic heterocycles. The quantitative estimate of drug-likeness (QED) is 0.838. The molecule has 3 nitrogen and oxygen atoms in total. The fourth-order valence-corrected chi connectivity index (χ4v) is 2.86.